The molecule has 1 N–H and O–H groups in total. The summed E-state index contributed by atoms with van der Waals surface area (Å²) in [6.45, 7) is 2.59. The van der Waals surface area contributed by atoms with Crippen molar-refractivity contribution in [2.24, 2.45) is 0 Å². The molecule has 164 valence electrons. The number of carbonyl (C=O) groups is 2. The maximum Gasteiger partial charge on any atom is 0.267 e. The largest absolute Gasteiger partial charge is 0.476 e. The molecular weight excluding hydrogens is 406 g/mol. The monoisotopic (exact) mass is 431 g/mol. The topological polar surface area (TPSA) is 89.4 Å². The van der Waals surface area contributed by atoms with E-state index >= 15 is 0 Å². The molecule has 1 unspecified atom stereocenters. The Balaban J connectivity index is 1.31. The van der Waals surface area contributed by atoms with Crippen molar-refractivity contribution < 1.29 is 14.3 Å². The zero-order chi connectivity index (χ0) is 22.1. The highest BCUT2D eigenvalue weighted by molar-refractivity contribution is 5.99. The Labute approximate surface area is 186 Å². The molecule has 1 atom stereocenters. The van der Waals surface area contributed by atoms with Crippen molar-refractivity contribution in [3.63, 3.8) is 0 Å². The first kappa shape index (κ1) is 20.2. The lowest BCUT2D eigenvalue weighted by molar-refractivity contribution is -0.123. The Hall–Kier alpha value is -3.68. The SMILES string of the molecule is CC(=O)N1CC(C(=O)Nc2ccc(-c3nnc4n3CCCCC4)cc2)Oc2ccccc21. The van der Waals surface area contributed by atoms with Crippen LogP contribution in [0.3, 0.4) is 0 Å². The highest BCUT2D eigenvalue weighted by atomic mass is 16.5. The molecule has 0 spiro atoms. The van der Waals surface area contributed by atoms with Crippen molar-refractivity contribution in [2.75, 3.05) is 16.8 Å². The fourth-order valence-corrected chi connectivity index (χ4v) is 4.29. The van der Waals surface area contributed by atoms with Gasteiger partial charge in [0.2, 0.25) is 5.91 Å². The van der Waals surface area contributed by atoms with Gasteiger partial charge in [-0.15, -0.1) is 10.2 Å². The molecule has 1 aromatic heterocycles. The predicted octanol–water partition coefficient (Wildman–Crippen LogP) is 3.42. The molecule has 0 saturated carbocycles. The van der Waals surface area contributed by atoms with Gasteiger partial charge in [-0.2, -0.15) is 0 Å². The van der Waals surface area contributed by atoms with Gasteiger partial charge in [-0.1, -0.05) is 18.6 Å². The van der Waals surface area contributed by atoms with Gasteiger partial charge in [0.15, 0.2) is 11.9 Å². The number of nitrogens with zero attached hydrogens (tertiary/aromatic N) is 4. The molecule has 2 amide bonds. The summed E-state index contributed by atoms with van der Waals surface area (Å²) >= 11 is 0. The molecule has 0 saturated heterocycles. The Morgan fingerprint density at radius 2 is 1.84 bits per heavy atom. The van der Waals surface area contributed by atoms with Crippen LogP contribution in [0, 0.1) is 0 Å². The Morgan fingerprint density at radius 1 is 1.03 bits per heavy atom. The van der Waals surface area contributed by atoms with Crippen molar-refractivity contribution in [1.29, 1.82) is 0 Å². The molecule has 0 bridgehead atoms. The second-order valence-electron chi connectivity index (χ2n) is 8.17. The van der Waals surface area contributed by atoms with E-state index in [-0.39, 0.29) is 18.4 Å². The third-order valence-corrected chi connectivity index (χ3v) is 5.97. The van der Waals surface area contributed by atoms with Gasteiger partial charge in [0.1, 0.15) is 11.6 Å². The number of hydrogen-bond acceptors (Lipinski definition) is 5. The van der Waals surface area contributed by atoms with Crippen molar-refractivity contribution in [1.82, 2.24) is 14.8 Å². The number of para-hydroxylation sites is 2. The average molecular weight is 431 g/mol. The summed E-state index contributed by atoms with van der Waals surface area (Å²) in [5.74, 6) is 2.01. The standard InChI is InChI=1S/C24H25N5O3/c1-16(30)29-15-21(32-20-8-5-4-7-19(20)29)24(31)25-18-12-10-17(11-13-18)23-27-26-22-9-3-2-6-14-28(22)23/h4-5,7-8,10-13,21H,2-3,6,9,14-15H2,1H3,(H,25,31). The molecule has 8 nitrogen and oxygen atoms in total. The fraction of sp³-hybridized carbons (Fsp3) is 0.333. The summed E-state index contributed by atoms with van der Waals surface area (Å²) < 4.78 is 8.07. The molecule has 2 aliphatic rings. The van der Waals surface area contributed by atoms with Crippen LogP contribution in [0.25, 0.3) is 11.4 Å². The summed E-state index contributed by atoms with van der Waals surface area (Å²) in [6.07, 6.45) is 3.66. The minimum atomic E-state index is -0.791. The first-order chi connectivity index (χ1) is 15.6. The van der Waals surface area contributed by atoms with Crippen LogP contribution in [0.5, 0.6) is 5.75 Å². The summed E-state index contributed by atoms with van der Waals surface area (Å²) in [5, 5.41) is 11.6. The Kier molecular flexibility index (Phi) is 5.34. The molecule has 2 aromatic carbocycles. The molecule has 3 aromatic rings. The highest BCUT2D eigenvalue weighted by Gasteiger charge is 2.32. The van der Waals surface area contributed by atoms with E-state index < -0.39 is 6.10 Å². The third kappa shape index (κ3) is 3.84. The molecule has 3 heterocycles. The van der Waals surface area contributed by atoms with Crippen LogP contribution in [0.1, 0.15) is 32.0 Å². The number of carbonyl (C=O) groups excluding carboxylic acids is 2. The number of rotatable bonds is 3. The molecular formula is C24H25N5O3. The third-order valence-electron chi connectivity index (χ3n) is 5.97. The van der Waals surface area contributed by atoms with E-state index in [0.717, 1.165) is 43.0 Å². The molecule has 32 heavy (non-hydrogen) atoms. The molecule has 8 heteroatoms. The van der Waals surface area contributed by atoms with Gasteiger partial charge in [-0.25, -0.2) is 0 Å². The lowest BCUT2D eigenvalue weighted by Gasteiger charge is -2.33. The number of ether oxygens (including phenoxy) is 1. The summed E-state index contributed by atoms with van der Waals surface area (Å²) in [4.78, 5) is 26.5. The normalized spacial score (nSPS) is 17.5. The summed E-state index contributed by atoms with van der Waals surface area (Å²) in [6, 6.07) is 14.8. The van der Waals surface area contributed by atoms with Crippen LogP contribution in [0.4, 0.5) is 11.4 Å². The van der Waals surface area contributed by atoms with E-state index in [2.05, 4.69) is 20.1 Å². The van der Waals surface area contributed by atoms with Crippen molar-refractivity contribution in [3.05, 3.63) is 54.4 Å². The van der Waals surface area contributed by atoms with Crippen LogP contribution in [-0.2, 0) is 22.6 Å². The van der Waals surface area contributed by atoms with Crippen LogP contribution in [-0.4, -0.2) is 39.2 Å². The molecule has 0 fully saturated rings. The zero-order valence-electron chi connectivity index (χ0n) is 18.0. The highest BCUT2D eigenvalue weighted by Crippen LogP contribution is 2.33. The van der Waals surface area contributed by atoms with Crippen molar-refractivity contribution in [2.45, 2.75) is 45.3 Å². The first-order valence-electron chi connectivity index (χ1n) is 11.0. The van der Waals surface area contributed by atoms with Crippen molar-refractivity contribution >= 4 is 23.2 Å². The number of amides is 2. The summed E-state index contributed by atoms with van der Waals surface area (Å²) in [7, 11) is 0. The van der Waals surface area contributed by atoms with E-state index in [4.69, 9.17) is 4.74 Å². The zero-order valence-corrected chi connectivity index (χ0v) is 18.0. The molecule has 0 radical (unpaired) electrons. The number of aromatic nitrogens is 3. The second kappa shape index (κ2) is 8.45. The van der Waals surface area contributed by atoms with Gasteiger partial charge in [0.05, 0.1) is 12.2 Å². The lowest BCUT2D eigenvalue weighted by Crippen LogP contribution is -2.48. The van der Waals surface area contributed by atoms with E-state index in [1.807, 2.05) is 42.5 Å². The first-order valence-corrected chi connectivity index (χ1v) is 11.0. The van der Waals surface area contributed by atoms with Gasteiger partial charge in [-0.05, 0) is 49.2 Å². The average Bonchev–Trinajstić information content (AvgIpc) is 3.06. The van der Waals surface area contributed by atoms with E-state index in [9.17, 15) is 9.59 Å². The summed E-state index contributed by atoms with van der Waals surface area (Å²) in [5.41, 5.74) is 2.31. The predicted molar refractivity (Wildman–Crippen MR) is 121 cm³/mol. The Morgan fingerprint density at radius 3 is 2.66 bits per heavy atom. The molecule has 5 rings (SSSR count). The second-order valence-corrected chi connectivity index (χ2v) is 8.17. The number of anilines is 2. The quantitative estimate of drug-likeness (QED) is 0.686. The minimum absolute atomic E-state index is 0.129. The maximum atomic E-state index is 12.9. The number of fused-ring (bicyclic) bond motifs is 2. The van der Waals surface area contributed by atoms with E-state index in [0.29, 0.717) is 17.1 Å². The number of nitrogens with one attached hydrogen (secondary N) is 1. The van der Waals surface area contributed by atoms with E-state index in [1.54, 1.807) is 11.0 Å². The van der Waals surface area contributed by atoms with Gasteiger partial charge in [-0.3, -0.25) is 9.59 Å². The molecule has 2 aliphatic heterocycles. The Bertz CT molecular complexity index is 1150. The minimum Gasteiger partial charge on any atom is -0.476 e. The number of hydrogen-bond donors (Lipinski definition) is 1. The van der Waals surface area contributed by atoms with Gasteiger partial charge < -0.3 is 19.5 Å². The van der Waals surface area contributed by atoms with Gasteiger partial charge in [0, 0.05) is 31.1 Å². The lowest BCUT2D eigenvalue weighted by atomic mass is 10.1. The number of benzene rings is 2. The van der Waals surface area contributed by atoms with Crippen LogP contribution in [0.2, 0.25) is 0 Å². The number of aryl methyl sites for hydroxylation is 1. The van der Waals surface area contributed by atoms with Gasteiger partial charge >= 0.3 is 0 Å². The van der Waals surface area contributed by atoms with Crippen LogP contribution in [0.15, 0.2) is 48.5 Å². The van der Waals surface area contributed by atoms with E-state index in [1.165, 1.54) is 13.3 Å². The van der Waals surface area contributed by atoms with Crippen LogP contribution >= 0.6 is 0 Å². The van der Waals surface area contributed by atoms with Crippen molar-refractivity contribution in [3.8, 4) is 17.1 Å². The van der Waals surface area contributed by atoms with Crippen LogP contribution < -0.4 is 15.0 Å². The maximum absolute atomic E-state index is 12.9. The smallest absolute Gasteiger partial charge is 0.267 e. The fourth-order valence-electron chi connectivity index (χ4n) is 4.29. The van der Waals surface area contributed by atoms with Gasteiger partial charge in [0.25, 0.3) is 5.91 Å². The molecule has 0 aliphatic carbocycles.